The molecule has 0 spiro atoms. The summed E-state index contributed by atoms with van der Waals surface area (Å²) in [4.78, 5) is 0. The second-order valence-corrected chi connectivity index (χ2v) is 3.75. The number of hydrogen-bond acceptors (Lipinski definition) is 1. The van der Waals surface area contributed by atoms with Crippen molar-refractivity contribution < 1.29 is 8.78 Å². The van der Waals surface area contributed by atoms with E-state index < -0.39 is 12.0 Å². The van der Waals surface area contributed by atoms with Gasteiger partial charge < -0.3 is 5.73 Å². The van der Waals surface area contributed by atoms with Gasteiger partial charge in [-0.05, 0) is 24.0 Å². The van der Waals surface area contributed by atoms with Crippen LogP contribution in [0.5, 0.6) is 0 Å². The Kier molecular flexibility index (Phi) is 3.80. The highest BCUT2D eigenvalue weighted by Crippen LogP contribution is 2.29. The molecule has 0 aliphatic carbocycles. The Labute approximate surface area is 89.3 Å². The third kappa shape index (κ3) is 2.34. The molecule has 1 atom stereocenters. The molecule has 1 nitrogen and oxygen atoms in total. The van der Waals surface area contributed by atoms with E-state index in [1.54, 1.807) is 19.1 Å². The topological polar surface area (TPSA) is 26.0 Å². The molecule has 1 rings (SSSR count). The van der Waals surface area contributed by atoms with Gasteiger partial charge in [-0.15, -0.1) is 0 Å². The van der Waals surface area contributed by atoms with E-state index >= 15 is 0 Å². The Morgan fingerprint density at radius 1 is 1.20 bits per heavy atom. The first kappa shape index (κ1) is 12.1. The zero-order valence-corrected chi connectivity index (χ0v) is 9.13. The molecular formula is C12H17F2N. The van der Waals surface area contributed by atoms with Crippen LogP contribution in [0.3, 0.4) is 0 Å². The molecule has 0 saturated heterocycles. The lowest BCUT2D eigenvalue weighted by molar-refractivity contribution is 0.0494. The van der Waals surface area contributed by atoms with Crippen molar-refractivity contribution >= 4 is 0 Å². The molecule has 1 unspecified atom stereocenters. The lowest BCUT2D eigenvalue weighted by atomic mass is 9.88. The molecule has 0 aliphatic heterocycles. The van der Waals surface area contributed by atoms with Crippen molar-refractivity contribution in [2.75, 3.05) is 0 Å². The molecular weight excluding hydrogens is 196 g/mol. The Bertz CT molecular complexity index is 308. The van der Waals surface area contributed by atoms with Gasteiger partial charge >= 0.3 is 0 Å². The average Bonchev–Trinajstić information content (AvgIpc) is 2.28. The maximum Gasteiger partial charge on any atom is 0.260 e. The summed E-state index contributed by atoms with van der Waals surface area (Å²) in [7, 11) is 0. The molecule has 1 aromatic rings. The van der Waals surface area contributed by atoms with Crippen LogP contribution < -0.4 is 5.73 Å². The van der Waals surface area contributed by atoms with Crippen molar-refractivity contribution in [3.05, 3.63) is 35.4 Å². The molecule has 0 heterocycles. The predicted octanol–water partition coefficient (Wildman–Crippen LogP) is 3.08. The van der Waals surface area contributed by atoms with Gasteiger partial charge in [-0.1, -0.05) is 38.1 Å². The van der Waals surface area contributed by atoms with Gasteiger partial charge in [0.2, 0.25) is 0 Å². The lowest BCUT2D eigenvalue weighted by Crippen LogP contribution is -2.43. The van der Waals surface area contributed by atoms with Gasteiger partial charge in [0.15, 0.2) is 0 Å². The maximum atomic E-state index is 12.8. The molecule has 0 fully saturated rings. The molecule has 0 amide bonds. The summed E-state index contributed by atoms with van der Waals surface area (Å²) < 4.78 is 25.7. The van der Waals surface area contributed by atoms with Crippen LogP contribution in [0.2, 0.25) is 0 Å². The predicted molar refractivity (Wildman–Crippen MR) is 58.0 cm³/mol. The standard InChI is InChI=1S/C12H17F2N/c1-3-9-5-7-10(8-6-9)12(15,4-2)11(13)14/h5-8,11H,3-4,15H2,1-2H3. The minimum atomic E-state index is -2.53. The summed E-state index contributed by atoms with van der Waals surface area (Å²) >= 11 is 0. The van der Waals surface area contributed by atoms with E-state index in [0.717, 1.165) is 12.0 Å². The van der Waals surface area contributed by atoms with Crippen LogP contribution in [0.4, 0.5) is 8.78 Å². The van der Waals surface area contributed by atoms with Crippen LogP contribution in [0.25, 0.3) is 0 Å². The molecule has 2 N–H and O–H groups in total. The summed E-state index contributed by atoms with van der Waals surface area (Å²) in [5, 5.41) is 0. The monoisotopic (exact) mass is 213 g/mol. The second-order valence-electron chi connectivity index (χ2n) is 3.75. The second kappa shape index (κ2) is 4.71. The molecule has 0 radical (unpaired) electrons. The fraction of sp³-hybridized carbons (Fsp3) is 0.500. The van der Waals surface area contributed by atoms with Gasteiger partial charge in [-0.3, -0.25) is 0 Å². The van der Waals surface area contributed by atoms with Gasteiger partial charge in [0.05, 0.1) is 0 Å². The molecule has 0 aliphatic rings. The van der Waals surface area contributed by atoms with E-state index in [2.05, 4.69) is 0 Å². The first-order valence-electron chi connectivity index (χ1n) is 5.21. The van der Waals surface area contributed by atoms with Gasteiger partial charge in [0.25, 0.3) is 6.43 Å². The van der Waals surface area contributed by atoms with Crippen LogP contribution in [0.15, 0.2) is 24.3 Å². The zero-order chi connectivity index (χ0) is 11.5. The minimum Gasteiger partial charge on any atom is -0.317 e. The van der Waals surface area contributed by atoms with Crippen LogP contribution in [0.1, 0.15) is 31.4 Å². The minimum absolute atomic E-state index is 0.232. The first-order chi connectivity index (χ1) is 7.04. The normalized spacial score (nSPS) is 15.3. The largest absolute Gasteiger partial charge is 0.317 e. The Morgan fingerprint density at radius 2 is 1.73 bits per heavy atom. The van der Waals surface area contributed by atoms with Crippen LogP contribution in [-0.4, -0.2) is 6.43 Å². The van der Waals surface area contributed by atoms with Crippen molar-refractivity contribution in [2.24, 2.45) is 5.73 Å². The van der Waals surface area contributed by atoms with E-state index in [-0.39, 0.29) is 6.42 Å². The number of halogens is 2. The molecule has 1 aromatic carbocycles. The van der Waals surface area contributed by atoms with E-state index in [1.165, 1.54) is 0 Å². The van der Waals surface area contributed by atoms with Crippen LogP contribution in [-0.2, 0) is 12.0 Å². The average molecular weight is 213 g/mol. The smallest absolute Gasteiger partial charge is 0.260 e. The number of alkyl halides is 2. The highest BCUT2D eigenvalue weighted by Gasteiger charge is 2.35. The fourth-order valence-electron chi connectivity index (χ4n) is 1.54. The van der Waals surface area contributed by atoms with E-state index in [0.29, 0.717) is 5.56 Å². The molecule has 15 heavy (non-hydrogen) atoms. The first-order valence-corrected chi connectivity index (χ1v) is 5.21. The molecule has 3 heteroatoms. The number of rotatable bonds is 4. The lowest BCUT2D eigenvalue weighted by Gasteiger charge is -2.27. The summed E-state index contributed by atoms with van der Waals surface area (Å²) in [5.74, 6) is 0. The molecule has 0 bridgehead atoms. The van der Waals surface area contributed by atoms with Gasteiger partial charge in [0, 0.05) is 0 Å². The Balaban J connectivity index is 3.03. The van der Waals surface area contributed by atoms with Crippen molar-refractivity contribution in [3.63, 3.8) is 0 Å². The fourth-order valence-corrected chi connectivity index (χ4v) is 1.54. The van der Waals surface area contributed by atoms with Gasteiger partial charge in [0.1, 0.15) is 5.54 Å². The maximum absolute atomic E-state index is 12.8. The summed E-state index contributed by atoms with van der Waals surface area (Å²) in [6, 6.07) is 7.12. The van der Waals surface area contributed by atoms with Crippen molar-refractivity contribution in [2.45, 2.75) is 38.7 Å². The zero-order valence-electron chi connectivity index (χ0n) is 9.13. The number of aryl methyl sites for hydroxylation is 1. The Morgan fingerprint density at radius 3 is 2.07 bits per heavy atom. The summed E-state index contributed by atoms with van der Waals surface area (Å²) in [6.45, 7) is 3.71. The number of nitrogens with two attached hydrogens (primary N) is 1. The molecule has 84 valence electrons. The van der Waals surface area contributed by atoms with E-state index in [4.69, 9.17) is 5.73 Å². The quantitative estimate of drug-likeness (QED) is 0.817. The third-order valence-corrected chi connectivity index (χ3v) is 2.87. The Hall–Kier alpha value is -0.960. The van der Waals surface area contributed by atoms with E-state index in [9.17, 15) is 8.78 Å². The highest BCUT2D eigenvalue weighted by atomic mass is 19.3. The van der Waals surface area contributed by atoms with E-state index in [1.807, 2.05) is 19.1 Å². The number of hydrogen-bond donors (Lipinski definition) is 1. The van der Waals surface area contributed by atoms with Crippen molar-refractivity contribution in [1.82, 2.24) is 0 Å². The highest BCUT2D eigenvalue weighted by molar-refractivity contribution is 5.29. The summed E-state index contributed by atoms with van der Waals surface area (Å²) in [6.07, 6.45) is -1.40. The third-order valence-electron chi connectivity index (χ3n) is 2.87. The molecule has 0 aromatic heterocycles. The van der Waals surface area contributed by atoms with Gasteiger partial charge in [-0.2, -0.15) is 0 Å². The van der Waals surface area contributed by atoms with Gasteiger partial charge in [-0.25, -0.2) is 8.78 Å². The number of benzene rings is 1. The van der Waals surface area contributed by atoms with Crippen LogP contribution >= 0.6 is 0 Å². The van der Waals surface area contributed by atoms with Crippen molar-refractivity contribution in [1.29, 1.82) is 0 Å². The molecule has 0 saturated carbocycles. The van der Waals surface area contributed by atoms with Crippen molar-refractivity contribution in [3.8, 4) is 0 Å². The summed E-state index contributed by atoms with van der Waals surface area (Å²) in [5.41, 5.74) is 5.84. The SMILES string of the molecule is CCc1ccc(C(N)(CC)C(F)F)cc1. The van der Waals surface area contributed by atoms with Crippen LogP contribution in [0, 0.1) is 0 Å².